The molecule has 3 N–H and O–H groups in total. The van der Waals surface area contributed by atoms with E-state index in [1.54, 1.807) is 24.3 Å². The van der Waals surface area contributed by atoms with E-state index in [1.807, 2.05) is 26.0 Å². The van der Waals surface area contributed by atoms with Crippen molar-refractivity contribution >= 4 is 23.2 Å². The molecule has 0 radical (unpaired) electrons. The highest BCUT2D eigenvalue weighted by molar-refractivity contribution is 5.95. The Morgan fingerprint density at radius 3 is 2.39 bits per heavy atom. The van der Waals surface area contributed by atoms with Crippen molar-refractivity contribution in [2.75, 3.05) is 30.3 Å². The molecule has 2 amide bonds. The first-order valence-corrected chi connectivity index (χ1v) is 9.61. The molecule has 0 spiro atoms. The predicted molar refractivity (Wildman–Crippen MR) is 111 cm³/mol. The fourth-order valence-electron chi connectivity index (χ4n) is 3.29. The zero-order valence-electron chi connectivity index (χ0n) is 16.4. The normalized spacial score (nSPS) is 15.9. The molecule has 28 heavy (non-hydrogen) atoms. The topological polar surface area (TPSA) is 79.5 Å². The number of hydrogen-bond acceptors (Lipinski definition) is 4. The molecule has 1 aliphatic rings. The second kappa shape index (κ2) is 9.37. The lowest BCUT2D eigenvalue weighted by molar-refractivity contribution is -0.114. The Hall–Kier alpha value is -2.86. The van der Waals surface area contributed by atoms with Crippen LogP contribution in [-0.2, 0) is 9.53 Å². The molecule has 0 aromatic heterocycles. The van der Waals surface area contributed by atoms with E-state index >= 15 is 0 Å². The molecule has 2 aromatic carbocycles. The van der Waals surface area contributed by atoms with Crippen molar-refractivity contribution in [1.29, 1.82) is 0 Å². The summed E-state index contributed by atoms with van der Waals surface area (Å²) in [6.07, 6.45) is 2.17. The number of benzene rings is 2. The van der Waals surface area contributed by atoms with Gasteiger partial charge >= 0.3 is 0 Å². The van der Waals surface area contributed by atoms with E-state index in [4.69, 9.17) is 4.74 Å². The Morgan fingerprint density at radius 1 is 1.04 bits per heavy atom. The van der Waals surface area contributed by atoms with Gasteiger partial charge in [0, 0.05) is 30.1 Å². The first kappa shape index (κ1) is 19.9. The van der Waals surface area contributed by atoms with E-state index in [9.17, 15) is 9.59 Å². The zero-order chi connectivity index (χ0) is 19.9. The summed E-state index contributed by atoms with van der Waals surface area (Å²) in [4.78, 5) is 24.3. The monoisotopic (exact) mass is 381 g/mol. The van der Waals surface area contributed by atoms with Gasteiger partial charge in [-0.2, -0.15) is 0 Å². The van der Waals surface area contributed by atoms with Crippen molar-refractivity contribution in [3.63, 3.8) is 0 Å². The molecule has 148 valence electrons. The molecular weight excluding hydrogens is 354 g/mol. The highest BCUT2D eigenvalue weighted by atomic mass is 16.5. The molecule has 2 aromatic rings. The van der Waals surface area contributed by atoms with Crippen LogP contribution in [0.5, 0.6) is 0 Å². The molecule has 0 aliphatic carbocycles. The molecule has 1 unspecified atom stereocenters. The molecule has 6 heteroatoms. The van der Waals surface area contributed by atoms with Crippen LogP contribution in [0.2, 0.25) is 0 Å². The van der Waals surface area contributed by atoms with Crippen LogP contribution in [0.25, 0.3) is 0 Å². The summed E-state index contributed by atoms with van der Waals surface area (Å²) in [6, 6.07) is 13.0. The smallest absolute Gasteiger partial charge is 0.251 e. The van der Waals surface area contributed by atoms with Crippen LogP contribution in [0.1, 0.15) is 34.3 Å². The van der Waals surface area contributed by atoms with Crippen LogP contribution in [0.15, 0.2) is 42.5 Å². The third-order valence-electron chi connectivity index (χ3n) is 4.62. The zero-order valence-corrected chi connectivity index (χ0v) is 16.4. The first-order valence-electron chi connectivity index (χ1n) is 9.61. The van der Waals surface area contributed by atoms with Gasteiger partial charge in [0.2, 0.25) is 5.91 Å². The number of carbonyl (C=O) groups is 2. The summed E-state index contributed by atoms with van der Waals surface area (Å²) < 4.78 is 5.51. The summed E-state index contributed by atoms with van der Waals surface area (Å²) in [6.45, 7) is 5.46. The molecule has 0 bridgehead atoms. The molecule has 1 saturated heterocycles. The number of rotatable bonds is 7. The molecule has 1 atom stereocenters. The molecule has 3 rings (SSSR count). The van der Waals surface area contributed by atoms with Gasteiger partial charge in [-0.05, 0) is 74.2 Å². The van der Waals surface area contributed by atoms with E-state index in [0.717, 1.165) is 42.0 Å². The highest BCUT2D eigenvalue weighted by Crippen LogP contribution is 2.14. The van der Waals surface area contributed by atoms with Crippen LogP contribution >= 0.6 is 0 Å². The van der Waals surface area contributed by atoms with Gasteiger partial charge in [-0.15, -0.1) is 0 Å². The Bertz CT molecular complexity index is 807. The lowest BCUT2D eigenvalue weighted by Crippen LogP contribution is -2.31. The highest BCUT2D eigenvalue weighted by Gasteiger charge is 2.16. The fourth-order valence-corrected chi connectivity index (χ4v) is 3.29. The van der Waals surface area contributed by atoms with Gasteiger partial charge in [0.15, 0.2) is 0 Å². The molecule has 1 heterocycles. The average molecular weight is 381 g/mol. The van der Waals surface area contributed by atoms with Crippen molar-refractivity contribution in [2.45, 2.75) is 32.8 Å². The summed E-state index contributed by atoms with van der Waals surface area (Å²) in [7, 11) is 0. The Kier molecular flexibility index (Phi) is 6.66. The van der Waals surface area contributed by atoms with Crippen molar-refractivity contribution in [3.05, 3.63) is 59.2 Å². The van der Waals surface area contributed by atoms with Gasteiger partial charge in [0.1, 0.15) is 0 Å². The third kappa shape index (κ3) is 5.82. The van der Waals surface area contributed by atoms with Gasteiger partial charge in [0.05, 0.1) is 12.6 Å². The predicted octanol–water partition coefficient (Wildman–Crippen LogP) is 3.26. The minimum absolute atomic E-state index is 0.116. The fraction of sp³-hybridized carbons (Fsp3) is 0.364. The van der Waals surface area contributed by atoms with Crippen LogP contribution in [0.3, 0.4) is 0 Å². The van der Waals surface area contributed by atoms with Crippen LogP contribution in [0, 0.1) is 13.8 Å². The number of nitrogens with one attached hydrogen (secondary N) is 3. The number of amides is 2. The quantitative estimate of drug-likeness (QED) is 0.688. The lowest BCUT2D eigenvalue weighted by Gasteiger charge is -2.12. The summed E-state index contributed by atoms with van der Waals surface area (Å²) in [5.74, 6) is -0.238. The number of anilines is 2. The van der Waals surface area contributed by atoms with Gasteiger partial charge in [0.25, 0.3) is 5.91 Å². The van der Waals surface area contributed by atoms with Gasteiger partial charge < -0.3 is 20.7 Å². The van der Waals surface area contributed by atoms with E-state index in [0.29, 0.717) is 12.1 Å². The number of hydrogen-bond donors (Lipinski definition) is 3. The lowest BCUT2D eigenvalue weighted by atomic mass is 10.1. The second-order valence-corrected chi connectivity index (χ2v) is 7.20. The van der Waals surface area contributed by atoms with Crippen LogP contribution in [0.4, 0.5) is 11.4 Å². The Morgan fingerprint density at radius 2 is 1.75 bits per heavy atom. The van der Waals surface area contributed by atoms with Crippen molar-refractivity contribution in [2.24, 2.45) is 0 Å². The number of ether oxygens (including phenoxy) is 1. The van der Waals surface area contributed by atoms with E-state index < -0.39 is 0 Å². The first-order chi connectivity index (χ1) is 13.5. The SMILES string of the molecule is Cc1cc(C)cc(NC(=O)CNc2ccc(C(=O)NCC3CCCO3)cc2)c1. The molecule has 6 nitrogen and oxygen atoms in total. The van der Waals surface area contributed by atoms with Crippen molar-refractivity contribution in [1.82, 2.24) is 5.32 Å². The molecule has 0 saturated carbocycles. The largest absolute Gasteiger partial charge is 0.376 e. The third-order valence-corrected chi connectivity index (χ3v) is 4.62. The van der Waals surface area contributed by atoms with Gasteiger partial charge in [-0.1, -0.05) is 6.07 Å². The maximum atomic E-state index is 12.2. The Labute approximate surface area is 165 Å². The maximum Gasteiger partial charge on any atom is 0.251 e. The molecule has 1 fully saturated rings. The van der Waals surface area contributed by atoms with Gasteiger partial charge in [-0.3, -0.25) is 9.59 Å². The van der Waals surface area contributed by atoms with E-state index in [2.05, 4.69) is 22.0 Å². The molecular formula is C22H27N3O3. The standard InChI is InChI=1S/C22H27N3O3/c1-15-10-16(2)12-19(11-15)25-21(26)14-23-18-7-5-17(6-8-18)22(27)24-13-20-4-3-9-28-20/h5-8,10-12,20,23H,3-4,9,13-14H2,1-2H3,(H,24,27)(H,25,26). The average Bonchev–Trinajstić information content (AvgIpc) is 3.17. The minimum atomic E-state index is -0.122. The second-order valence-electron chi connectivity index (χ2n) is 7.20. The summed E-state index contributed by atoms with van der Waals surface area (Å²) >= 11 is 0. The Balaban J connectivity index is 1.45. The molecule has 1 aliphatic heterocycles. The van der Waals surface area contributed by atoms with Crippen molar-refractivity contribution < 1.29 is 14.3 Å². The maximum absolute atomic E-state index is 12.2. The number of aryl methyl sites for hydroxylation is 2. The summed E-state index contributed by atoms with van der Waals surface area (Å²) in [5, 5.41) is 8.86. The van der Waals surface area contributed by atoms with Gasteiger partial charge in [-0.25, -0.2) is 0 Å². The van der Waals surface area contributed by atoms with Crippen LogP contribution < -0.4 is 16.0 Å². The number of carbonyl (C=O) groups excluding carboxylic acids is 2. The van der Waals surface area contributed by atoms with Crippen LogP contribution in [-0.4, -0.2) is 37.6 Å². The summed E-state index contributed by atoms with van der Waals surface area (Å²) in [5.41, 5.74) is 4.38. The van der Waals surface area contributed by atoms with E-state index in [1.165, 1.54) is 0 Å². The minimum Gasteiger partial charge on any atom is -0.376 e. The van der Waals surface area contributed by atoms with E-state index in [-0.39, 0.29) is 24.5 Å². The van der Waals surface area contributed by atoms with Crippen molar-refractivity contribution in [3.8, 4) is 0 Å².